The number of nitrogens with one attached hydrogen (secondary N) is 1. The van der Waals surface area contributed by atoms with E-state index in [9.17, 15) is 9.59 Å². The summed E-state index contributed by atoms with van der Waals surface area (Å²) in [6.07, 6.45) is 3.33. The van der Waals surface area contributed by atoms with E-state index in [1.165, 1.54) is 7.11 Å². The number of ether oxygens (including phenoxy) is 1. The van der Waals surface area contributed by atoms with Crippen LogP contribution in [-0.2, 0) is 14.3 Å². The van der Waals surface area contributed by atoms with Gasteiger partial charge in [-0.3, -0.25) is 4.79 Å². The van der Waals surface area contributed by atoms with Crippen molar-refractivity contribution in [1.29, 1.82) is 0 Å². The molecular weight excluding hydrogens is 326 g/mol. The van der Waals surface area contributed by atoms with Crippen LogP contribution in [0.15, 0.2) is 65.5 Å². The van der Waals surface area contributed by atoms with Gasteiger partial charge >= 0.3 is 5.97 Å². The highest BCUT2D eigenvalue weighted by Crippen LogP contribution is 2.45. The molecule has 1 N–H and O–H groups in total. The number of methoxy groups -OCH3 is 1. The Labute approximate surface area is 152 Å². The van der Waals surface area contributed by atoms with Gasteiger partial charge in [0, 0.05) is 23.7 Å². The lowest BCUT2D eigenvalue weighted by atomic mass is 9.70. The van der Waals surface area contributed by atoms with Crippen LogP contribution in [0.1, 0.15) is 31.2 Å². The van der Waals surface area contributed by atoms with Crippen LogP contribution in [-0.4, -0.2) is 18.9 Å². The fourth-order valence-electron chi connectivity index (χ4n) is 4.25. The number of ketones is 1. The van der Waals surface area contributed by atoms with Crippen LogP contribution >= 0.6 is 0 Å². The Kier molecular flexibility index (Phi) is 4.11. The average molecular weight is 347 g/mol. The molecule has 0 amide bonds. The monoisotopic (exact) mass is 347 g/mol. The molecule has 4 heteroatoms. The lowest BCUT2D eigenvalue weighted by Crippen LogP contribution is -2.40. The van der Waals surface area contributed by atoms with E-state index >= 15 is 0 Å². The Morgan fingerprint density at radius 1 is 1.12 bits per heavy atom. The molecule has 26 heavy (non-hydrogen) atoms. The van der Waals surface area contributed by atoms with Crippen LogP contribution in [0, 0.1) is 5.92 Å². The van der Waals surface area contributed by atoms with Crippen molar-refractivity contribution in [3.8, 4) is 0 Å². The average Bonchev–Trinajstić information content (AvgIpc) is 2.66. The van der Waals surface area contributed by atoms with Gasteiger partial charge in [0.15, 0.2) is 0 Å². The summed E-state index contributed by atoms with van der Waals surface area (Å²) >= 11 is 0. The molecule has 0 spiro atoms. The standard InChI is InChI=1S/C22H21NO3/c1-13-19(22(25)26-2)20(21-17(23-13)11-6-12-18(21)24)16-10-5-8-14-7-3-4-9-15(14)16/h3-5,7-11,20-21,23H,6,12H2,1-2H3. The zero-order valence-corrected chi connectivity index (χ0v) is 14.9. The summed E-state index contributed by atoms with van der Waals surface area (Å²) in [4.78, 5) is 25.5. The third-order valence-corrected chi connectivity index (χ3v) is 5.38. The minimum absolute atomic E-state index is 0.168. The number of hydrogen-bond donors (Lipinski definition) is 1. The second kappa shape index (κ2) is 6.45. The number of carbonyl (C=O) groups excluding carboxylic acids is 2. The van der Waals surface area contributed by atoms with Gasteiger partial charge in [0.05, 0.1) is 18.6 Å². The van der Waals surface area contributed by atoms with Gasteiger partial charge in [0.2, 0.25) is 0 Å². The molecule has 2 aromatic carbocycles. The molecule has 1 aliphatic carbocycles. The number of fused-ring (bicyclic) bond motifs is 2. The Morgan fingerprint density at radius 3 is 2.69 bits per heavy atom. The molecule has 0 aromatic heterocycles. The molecule has 132 valence electrons. The zero-order valence-electron chi connectivity index (χ0n) is 14.9. The Bertz CT molecular complexity index is 965. The van der Waals surface area contributed by atoms with Gasteiger partial charge in [0.1, 0.15) is 5.78 Å². The highest BCUT2D eigenvalue weighted by molar-refractivity contribution is 5.98. The largest absolute Gasteiger partial charge is 0.466 e. The van der Waals surface area contributed by atoms with Crippen LogP contribution in [0.25, 0.3) is 10.8 Å². The van der Waals surface area contributed by atoms with E-state index in [2.05, 4.69) is 11.4 Å². The van der Waals surface area contributed by atoms with Crippen LogP contribution in [0.4, 0.5) is 0 Å². The lowest BCUT2D eigenvalue weighted by Gasteiger charge is -2.38. The van der Waals surface area contributed by atoms with Crippen molar-refractivity contribution in [3.05, 3.63) is 71.1 Å². The molecule has 0 fully saturated rings. The van der Waals surface area contributed by atoms with Crippen LogP contribution in [0.5, 0.6) is 0 Å². The smallest absolute Gasteiger partial charge is 0.336 e. The van der Waals surface area contributed by atoms with E-state index in [0.29, 0.717) is 12.0 Å². The molecule has 1 heterocycles. The van der Waals surface area contributed by atoms with Crippen molar-refractivity contribution in [2.75, 3.05) is 7.11 Å². The van der Waals surface area contributed by atoms with Crippen molar-refractivity contribution in [3.63, 3.8) is 0 Å². The zero-order chi connectivity index (χ0) is 18.3. The van der Waals surface area contributed by atoms with E-state index in [0.717, 1.165) is 34.2 Å². The summed E-state index contributed by atoms with van der Waals surface area (Å²) in [5, 5.41) is 5.44. The second-order valence-electron chi connectivity index (χ2n) is 6.84. The number of allylic oxidation sites excluding steroid dienone is 3. The van der Waals surface area contributed by atoms with E-state index in [1.54, 1.807) is 0 Å². The summed E-state index contributed by atoms with van der Waals surface area (Å²) in [6, 6.07) is 14.1. The van der Waals surface area contributed by atoms with Crippen LogP contribution in [0.2, 0.25) is 0 Å². The molecule has 0 bridgehead atoms. The topological polar surface area (TPSA) is 55.4 Å². The maximum absolute atomic E-state index is 12.9. The third-order valence-electron chi connectivity index (χ3n) is 5.38. The van der Waals surface area contributed by atoms with Gasteiger partial charge in [-0.2, -0.15) is 0 Å². The first-order chi connectivity index (χ1) is 12.6. The van der Waals surface area contributed by atoms with Gasteiger partial charge in [0.25, 0.3) is 0 Å². The number of rotatable bonds is 2. The van der Waals surface area contributed by atoms with Gasteiger partial charge in [-0.05, 0) is 29.7 Å². The summed E-state index contributed by atoms with van der Waals surface area (Å²) < 4.78 is 5.07. The minimum Gasteiger partial charge on any atom is -0.466 e. The molecule has 2 atom stereocenters. The summed E-state index contributed by atoms with van der Waals surface area (Å²) in [6.45, 7) is 1.88. The van der Waals surface area contributed by atoms with E-state index in [4.69, 9.17) is 4.74 Å². The second-order valence-corrected chi connectivity index (χ2v) is 6.84. The fourth-order valence-corrected chi connectivity index (χ4v) is 4.25. The van der Waals surface area contributed by atoms with Crippen LogP contribution in [0.3, 0.4) is 0 Å². The van der Waals surface area contributed by atoms with Gasteiger partial charge in [-0.25, -0.2) is 4.79 Å². The van der Waals surface area contributed by atoms with Gasteiger partial charge in [-0.1, -0.05) is 48.5 Å². The van der Waals surface area contributed by atoms with Crippen molar-refractivity contribution < 1.29 is 14.3 Å². The molecule has 4 rings (SSSR count). The summed E-state index contributed by atoms with van der Waals surface area (Å²) in [5.74, 6) is -0.923. The first kappa shape index (κ1) is 16.6. The van der Waals surface area contributed by atoms with Crippen molar-refractivity contribution >= 4 is 22.5 Å². The predicted octanol–water partition coefficient (Wildman–Crippen LogP) is 3.84. The molecule has 4 nitrogen and oxygen atoms in total. The third kappa shape index (κ3) is 2.53. The molecule has 0 radical (unpaired) electrons. The Morgan fingerprint density at radius 2 is 1.88 bits per heavy atom. The molecule has 0 saturated carbocycles. The highest BCUT2D eigenvalue weighted by atomic mass is 16.5. The summed E-state index contributed by atoms with van der Waals surface area (Å²) in [5.41, 5.74) is 3.20. The van der Waals surface area contributed by atoms with E-state index in [1.807, 2.05) is 49.4 Å². The number of hydrogen-bond acceptors (Lipinski definition) is 4. The number of carbonyl (C=O) groups is 2. The van der Waals surface area contributed by atoms with Crippen molar-refractivity contribution in [2.45, 2.75) is 25.7 Å². The fraction of sp³-hybridized carbons (Fsp3) is 0.273. The molecule has 2 unspecified atom stereocenters. The molecule has 0 saturated heterocycles. The number of esters is 1. The predicted molar refractivity (Wildman–Crippen MR) is 100 cm³/mol. The molecule has 1 aliphatic heterocycles. The Hall–Kier alpha value is -2.88. The highest BCUT2D eigenvalue weighted by Gasteiger charge is 2.43. The quantitative estimate of drug-likeness (QED) is 0.839. The molecule has 2 aromatic rings. The molecule has 2 aliphatic rings. The molecular formula is C22H21NO3. The van der Waals surface area contributed by atoms with E-state index < -0.39 is 0 Å². The maximum Gasteiger partial charge on any atom is 0.336 e. The summed E-state index contributed by atoms with van der Waals surface area (Å²) in [7, 11) is 1.39. The van der Waals surface area contributed by atoms with E-state index in [-0.39, 0.29) is 23.6 Å². The van der Waals surface area contributed by atoms with Crippen molar-refractivity contribution in [1.82, 2.24) is 5.32 Å². The van der Waals surface area contributed by atoms with Gasteiger partial charge < -0.3 is 10.1 Å². The SMILES string of the molecule is COC(=O)C1=C(C)NC2=CCCC(=O)C2C1c1cccc2ccccc12. The maximum atomic E-state index is 12.9. The number of Topliss-reactive ketones (excluding diaryl/α,β-unsaturated/α-hetero) is 1. The number of benzene rings is 2. The lowest BCUT2D eigenvalue weighted by molar-refractivity contribution is -0.136. The van der Waals surface area contributed by atoms with Crippen LogP contribution < -0.4 is 5.32 Å². The van der Waals surface area contributed by atoms with Crippen molar-refractivity contribution in [2.24, 2.45) is 5.92 Å². The van der Waals surface area contributed by atoms with Gasteiger partial charge in [-0.15, -0.1) is 0 Å². The minimum atomic E-state index is -0.384. The normalized spacial score (nSPS) is 22.5. The first-order valence-corrected chi connectivity index (χ1v) is 8.88. The first-order valence-electron chi connectivity index (χ1n) is 8.88. The Balaban J connectivity index is 2.00.